The lowest BCUT2D eigenvalue weighted by molar-refractivity contribution is -0.133. The maximum Gasteiger partial charge on any atom is 0.506 e. The van der Waals surface area contributed by atoms with Crippen molar-refractivity contribution in [2.45, 2.75) is 37.6 Å². The van der Waals surface area contributed by atoms with Gasteiger partial charge in [0.2, 0.25) is 5.82 Å². The molecule has 0 amide bonds. The average molecular weight is 532 g/mol. The third-order valence-corrected chi connectivity index (χ3v) is 7.77. The smallest absolute Gasteiger partial charge is 0.457 e. The summed E-state index contributed by atoms with van der Waals surface area (Å²) in [6.07, 6.45) is -3.63. The number of alkyl halides is 3. The molecule has 1 aromatic carbocycles. The van der Waals surface area contributed by atoms with Crippen LogP contribution in [0, 0.1) is 0 Å². The van der Waals surface area contributed by atoms with Crippen LogP contribution in [0.15, 0.2) is 51.4 Å². The normalized spacial score (nSPS) is 18.4. The number of aryl methyl sites for hydroxylation is 1. The lowest BCUT2D eigenvalue weighted by atomic mass is 9.89. The number of hydrogen-bond donors (Lipinski definition) is 1. The number of ether oxygens (including phenoxy) is 1. The number of halogens is 3. The Bertz CT molecular complexity index is 1440. The molecule has 6 rings (SSSR count). The van der Waals surface area contributed by atoms with Gasteiger partial charge in [-0.15, -0.1) is 11.3 Å². The summed E-state index contributed by atoms with van der Waals surface area (Å²) < 4.78 is 57.5. The molecule has 0 spiro atoms. The Labute approximate surface area is 212 Å². The first-order chi connectivity index (χ1) is 17.8. The Morgan fingerprint density at radius 3 is 2.70 bits per heavy atom. The van der Waals surface area contributed by atoms with Crippen molar-refractivity contribution in [2.75, 3.05) is 13.1 Å². The van der Waals surface area contributed by atoms with Gasteiger partial charge in [0.25, 0.3) is 5.89 Å². The quantitative estimate of drug-likeness (QED) is 0.291. The first-order valence-electron chi connectivity index (χ1n) is 11.6. The summed E-state index contributed by atoms with van der Waals surface area (Å²) in [6.45, 7) is 1.01. The fourth-order valence-corrected chi connectivity index (χ4v) is 5.89. The van der Waals surface area contributed by atoms with Gasteiger partial charge in [-0.2, -0.15) is 18.2 Å². The lowest BCUT2D eigenvalue weighted by Gasteiger charge is -2.44. The van der Waals surface area contributed by atoms with Gasteiger partial charge in [0.1, 0.15) is 16.7 Å². The molecule has 1 unspecified atom stereocenters. The van der Waals surface area contributed by atoms with Crippen molar-refractivity contribution < 1.29 is 36.7 Å². The van der Waals surface area contributed by atoms with Crippen LogP contribution in [-0.4, -0.2) is 45.5 Å². The second-order valence-corrected chi connectivity index (χ2v) is 10.0. The van der Waals surface area contributed by atoms with E-state index in [-0.39, 0.29) is 34.3 Å². The van der Waals surface area contributed by atoms with Crippen LogP contribution in [0.4, 0.5) is 18.0 Å². The van der Waals surface area contributed by atoms with Gasteiger partial charge in [-0.25, -0.2) is 4.79 Å². The maximum absolute atomic E-state index is 13.8. The van der Waals surface area contributed by atoms with Gasteiger partial charge in [-0.1, -0.05) is 35.5 Å². The fraction of sp³-hybridized carbons (Fsp3) is 0.320. The second-order valence-electron chi connectivity index (χ2n) is 9.00. The fourth-order valence-electron chi connectivity index (χ4n) is 4.93. The summed E-state index contributed by atoms with van der Waals surface area (Å²) in [6, 6.07) is 11.7. The Balaban J connectivity index is 1.27. The molecule has 12 heteroatoms. The number of carboxylic acid groups (broad SMARTS) is 1. The summed E-state index contributed by atoms with van der Waals surface area (Å²) in [5, 5.41) is 12.8. The molecule has 1 N–H and O–H groups in total. The number of carbonyl (C=O) groups is 1. The predicted molar refractivity (Wildman–Crippen MR) is 126 cm³/mol. The first-order valence-corrected chi connectivity index (χ1v) is 12.4. The van der Waals surface area contributed by atoms with E-state index in [0.29, 0.717) is 35.7 Å². The van der Waals surface area contributed by atoms with Gasteiger partial charge in [0.15, 0.2) is 5.76 Å². The highest BCUT2D eigenvalue weighted by atomic mass is 32.1. The molecule has 2 aliphatic rings. The molecular weight excluding hydrogens is 511 g/mol. The highest BCUT2D eigenvalue weighted by Crippen LogP contribution is 2.46. The SMILES string of the molecule is O=C(O)OC1CN(C2CCCc3oc(-c4noc(-c5cc(-c6ccccc6)c(C(F)(F)F)s5)n4)cc32)C1. The van der Waals surface area contributed by atoms with Crippen molar-refractivity contribution in [3.05, 3.63) is 58.7 Å². The number of rotatable bonds is 5. The summed E-state index contributed by atoms with van der Waals surface area (Å²) in [4.78, 5) is 16.7. The lowest BCUT2D eigenvalue weighted by Crippen LogP contribution is -2.54. The number of thiophene rings is 1. The molecule has 1 fully saturated rings. The van der Waals surface area contributed by atoms with Gasteiger partial charge >= 0.3 is 12.3 Å². The number of likely N-dealkylation sites (tertiary alicyclic amines) is 1. The standard InChI is InChI=1S/C25H20F3N3O5S/c26-25(27,28)21-15(13-5-2-1-3-6-13)10-20(37-21)23-29-22(30-36-23)19-9-16-17(7-4-8-18(16)35-19)31-11-14(12-31)34-24(32)33/h1-3,5-6,9-10,14,17H,4,7-8,11-12H2,(H,32,33). The molecule has 192 valence electrons. The topological polar surface area (TPSA) is 102 Å². The third kappa shape index (κ3) is 4.51. The summed E-state index contributed by atoms with van der Waals surface area (Å²) in [7, 11) is 0. The van der Waals surface area contributed by atoms with E-state index in [2.05, 4.69) is 15.0 Å². The number of nitrogens with zero attached hydrogens (tertiary/aromatic N) is 3. The minimum Gasteiger partial charge on any atom is -0.457 e. The van der Waals surface area contributed by atoms with E-state index in [1.165, 1.54) is 6.07 Å². The Kier molecular flexibility index (Phi) is 5.80. The van der Waals surface area contributed by atoms with Crippen molar-refractivity contribution in [3.63, 3.8) is 0 Å². The van der Waals surface area contributed by atoms with E-state index < -0.39 is 17.2 Å². The van der Waals surface area contributed by atoms with Crippen LogP contribution in [0.3, 0.4) is 0 Å². The molecule has 0 saturated carbocycles. The van der Waals surface area contributed by atoms with Crippen molar-refractivity contribution in [1.82, 2.24) is 15.0 Å². The van der Waals surface area contributed by atoms with Gasteiger partial charge < -0.3 is 18.8 Å². The van der Waals surface area contributed by atoms with E-state index in [4.69, 9.17) is 18.8 Å². The van der Waals surface area contributed by atoms with Gasteiger partial charge in [0.05, 0.1) is 4.88 Å². The van der Waals surface area contributed by atoms with Crippen LogP contribution < -0.4 is 0 Å². The minimum atomic E-state index is -4.53. The molecule has 4 heterocycles. The maximum atomic E-state index is 13.8. The highest BCUT2D eigenvalue weighted by molar-refractivity contribution is 7.16. The molecule has 1 atom stereocenters. The first kappa shape index (κ1) is 23.7. The van der Waals surface area contributed by atoms with Crippen molar-refractivity contribution in [1.29, 1.82) is 0 Å². The summed E-state index contributed by atoms with van der Waals surface area (Å²) >= 11 is 0.557. The van der Waals surface area contributed by atoms with Crippen LogP contribution >= 0.6 is 11.3 Å². The molecular formula is C25H20F3N3O5S. The van der Waals surface area contributed by atoms with Gasteiger partial charge in [0, 0.05) is 36.7 Å². The van der Waals surface area contributed by atoms with Gasteiger partial charge in [-0.3, -0.25) is 4.90 Å². The van der Waals surface area contributed by atoms with Crippen molar-refractivity contribution in [3.8, 4) is 33.5 Å². The zero-order chi connectivity index (χ0) is 25.7. The number of benzene rings is 1. The van der Waals surface area contributed by atoms with Crippen LogP contribution in [-0.2, 0) is 17.3 Å². The van der Waals surface area contributed by atoms with Crippen molar-refractivity contribution >= 4 is 17.5 Å². The van der Waals surface area contributed by atoms with E-state index in [1.54, 1.807) is 30.3 Å². The van der Waals surface area contributed by atoms with Crippen molar-refractivity contribution in [2.24, 2.45) is 0 Å². The zero-order valence-electron chi connectivity index (χ0n) is 19.2. The third-order valence-electron chi connectivity index (χ3n) is 6.60. The minimum absolute atomic E-state index is 0.0185. The number of aromatic nitrogens is 2. The molecule has 1 aliphatic carbocycles. The molecule has 8 nitrogen and oxygen atoms in total. The van der Waals surface area contributed by atoms with E-state index in [1.807, 2.05) is 6.07 Å². The molecule has 3 aromatic heterocycles. The number of hydrogen-bond acceptors (Lipinski definition) is 8. The van der Waals surface area contributed by atoms with Crippen LogP contribution in [0.1, 0.15) is 35.1 Å². The van der Waals surface area contributed by atoms with Crippen LogP contribution in [0.2, 0.25) is 0 Å². The Morgan fingerprint density at radius 1 is 1.19 bits per heavy atom. The van der Waals surface area contributed by atoms with E-state index >= 15 is 0 Å². The second kappa shape index (κ2) is 9.03. The number of furan rings is 1. The largest absolute Gasteiger partial charge is 0.506 e. The molecule has 4 aromatic rings. The van der Waals surface area contributed by atoms with E-state index in [0.717, 1.165) is 30.6 Å². The molecule has 0 bridgehead atoms. The predicted octanol–water partition coefficient (Wildman–Crippen LogP) is 6.50. The molecule has 37 heavy (non-hydrogen) atoms. The van der Waals surface area contributed by atoms with Crippen LogP contribution in [0.25, 0.3) is 33.5 Å². The van der Waals surface area contributed by atoms with E-state index in [9.17, 15) is 18.0 Å². The average Bonchev–Trinajstić information content (AvgIpc) is 3.58. The van der Waals surface area contributed by atoms with Crippen LogP contribution in [0.5, 0.6) is 0 Å². The Hall–Kier alpha value is -3.64. The molecule has 0 radical (unpaired) electrons. The van der Waals surface area contributed by atoms with Gasteiger partial charge in [-0.05, 0) is 30.5 Å². The summed E-state index contributed by atoms with van der Waals surface area (Å²) in [5.41, 5.74) is 1.48. The molecule has 1 saturated heterocycles. The zero-order valence-corrected chi connectivity index (χ0v) is 20.0. The Morgan fingerprint density at radius 2 is 1.97 bits per heavy atom. The summed E-state index contributed by atoms with van der Waals surface area (Å²) in [5.74, 6) is 1.31. The highest BCUT2D eigenvalue weighted by Gasteiger charge is 2.39. The number of fused-ring (bicyclic) bond motifs is 1. The monoisotopic (exact) mass is 531 g/mol. The molecule has 1 aliphatic heterocycles.